The second kappa shape index (κ2) is 13.7. The van der Waals surface area contributed by atoms with Gasteiger partial charge in [-0.25, -0.2) is 19.2 Å². The van der Waals surface area contributed by atoms with E-state index in [1.807, 2.05) is 0 Å². The molecule has 1 rings (SSSR count). The van der Waals surface area contributed by atoms with Gasteiger partial charge in [0, 0.05) is 25.1 Å². The first kappa shape index (κ1) is 33.0. The first-order valence-electron chi connectivity index (χ1n) is 13.0. The average Bonchev–Trinajstić information content (AvgIpc) is 2.68. The minimum absolute atomic E-state index is 0.00782. The fraction of sp³-hybridized carbons (Fsp3) is 0.778. The van der Waals surface area contributed by atoms with Crippen LogP contribution >= 0.6 is 0 Å². The number of nitrogens with zero attached hydrogens (tertiary/aromatic N) is 1. The van der Waals surface area contributed by atoms with Crippen molar-refractivity contribution in [2.24, 2.45) is 0 Å². The molecule has 2 amide bonds. The molecule has 0 spiro atoms. The molecule has 1 fully saturated rings. The standard InChI is InChI=1S/C27H46N2O9/c1-11-34-21(30)15-13-12-14-18-16-20(35-24(33)38-27(8,9)10)19(28-22(31)36-25(2,3)4)17-29(18)23(32)37-26(5,6)7/h13,15,18-20H,11-12,14,16-17H2,1-10H3,(H,28,31)/b15-13+/t18-,19+,20-/m1/s1. The highest BCUT2D eigenvalue weighted by Crippen LogP contribution is 2.27. The summed E-state index contributed by atoms with van der Waals surface area (Å²) < 4.78 is 26.9. The number of carbonyl (C=O) groups excluding carboxylic acids is 4. The lowest BCUT2D eigenvalue weighted by atomic mass is 9.92. The van der Waals surface area contributed by atoms with E-state index in [9.17, 15) is 19.2 Å². The van der Waals surface area contributed by atoms with E-state index in [1.54, 1.807) is 75.3 Å². The number of rotatable bonds is 7. The molecular formula is C27H46N2O9. The minimum Gasteiger partial charge on any atom is -0.463 e. The third kappa shape index (κ3) is 13.5. The van der Waals surface area contributed by atoms with Crippen LogP contribution in [0.3, 0.4) is 0 Å². The van der Waals surface area contributed by atoms with Crippen LogP contribution in [0.25, 0.3) is 0 Å². The molecule has 0 aromatic rings. The van der Waals surface area contributed by atoms with E-state index in [1.165, 1.54) is 11.0 Å². The van der Waals surface area contributed by atoms with Gasteiger partial charge in [0.2, 0.25) is 0 Å². The second-order valence-electron chi connectivity index (χ2n) is 12.1. The summed E-state index contributed by atoms with van der Waals surface area (Å²) in [6.45, 7) is 17.6. The number of nitrogens with one attached hydrogen (secondary N) is 1. The summed E-state index contributed by atoms with van der Waals surface area (Å²) in [6, 6.07) is -1.20. The van der Waals surface area contributed by atoms with Crippen molar-refractivity contribution < 1.29 is 42.9 Å². The van der Waals surface area contributed by atoms with Crippen molar-refractivity contribution in [1.82, 2.24) is 10.2 Å². The molecule has 0 bridgehead atoms. The zero-order valence-corrected chi connectivity index (χ0v) is 24.5. The molecule has 11 heteroatoms. The van der Waals surface area contributed by atoms with Gasteiger partial charge >= 0.3 is 24.3 Å². The fourth-order valence-electron chi connectivity index (χ4n) is 3.64. The maximum absolute atomic E-state index is 13.2. The van der Waals surface area contributed by atoms with Crippen LogP contribution in [0.4, 0.5) is 14.4 Å². The normalized spacial score (nSPS) is 20.5. The fourth-order valence-corrected chi connectivity index (χ4v) is 3.64. The number of hydrogen-bond donors (Lipinski definition) is 1. The largest absolute Gasteiger partial charge is 0.509 e. The highest BCUT2D eigenvalue weighted by molar-refractivity contribution is 5.81. The highest BCUT2D eigenvalue weighted by atomic mass is 16.7. The summed E-state index contributed by atoms with van der Waals surface area (Å²) in [4.78, 5) is 51.5. The quantitative estimate of drug-likeness (QED) is 0.265. The zero-order chi connectivity index (χ0) is 29.3. The Labute approximate surface area is 226 Å². The number of ether oxygens (including phenoxy) is 5. The van der Waals surface area contributed by atoms with Crippen molar-refractivity contribution in [2.75, 3.05) is 13.2 Å². The molecule has 1 aliphatic rings. The summed E-state index contributed by atoms with van der Waals surface area (Å²) in [5.41, 5.74) is -2.28. The number of likely N-dealkylation sites (tertiary alicyclic amines) is 1. The van der Waals surface area contributed by atoms with E-state index in [0.717, 1.165) is 0 Å². The van der Waals surface area contributed by atoms with Crippen LogP contribution in [0.5, 0.6) is 0 Å². The first-order valence-corrected chi connectivity index (χ1v) is 13.0. The summed E-state index contributed by atoms with van der Waals surface area (Å²) in [5.74, 6) is -0.451. The lowest BCUT2D eigenvalue weighted by Crippen LogP contribution is -2.61. The van der Waals surface area contributed by atoms with Gasteiger partial charge in [-0.2, -0.15) is 0 Å². The maximum Gasteiger partial charge on any atom is 0.509 e. The maximum atomic E-state index is 13.2. The number of alkyl carbamates (subject to hydrolysis) is 1. The summed E-state index contributed by atoms with van der Waals surface area (Å²) in [7, 11) is 0. The highest BCUT2D eigenvalue weighted by Gasteiger charge is 2.43. The smallest absolute Gasteiger partial charge is 0.463 e. The Morgan fingerprint density at radius 2 is 1.47 bits per heavy atom. The monoisotopic (exact) mass is 542 g/mol. The summed E-state index contributed by atoms with van der Waals surface area (Å²) in [5, 5.41) is 2.74. The van der Waals surface area contributed by atoms with Crippen LogP contribution in [0.1, 0.15) is 88.5 Å². The summed E-state index contributed by atoms with van der Waals surface area (Å²) in [6.07, 6.45) is 1.14. The number of carbonyl (C=O) groups is 4. The van der Waals surface area contributed by atoms with E-state index < -0.39 is 59.3 Å². The Balaban J connectivity index is 3.20. The molecule has 0 radical (unpaired) electrons. The summed E-state index contributed by atoms with van der Waals surface area (Å²) >= 11 is 0. The van der Waals surface area contributed by atoms with Gasteiger partial charge in [-0.1, -0.05) is 6.08 Å². The third-order valence-electron chi connectivity index (χ3n) is 4.96. The Morgan fingerprint density at radius 1 is 0.895 bits per heavy atom. The van der Waals surface area contributed by atoms with Gasteiger partial charge in [0.25, 0.3) is 0 Å². The second-order valence-corrected chi connectivity index (χ2v) is 12.1. The van der Waals surface area contributed by atoms with Crippen LogP contribution in [-0.4, -0.2) is 77.4 Å². The van der Waals surface area contributed by atoms with Gasteiger partial charge < -0.3 is 33.9 Å². The number of piperidine rings is 1. The molecule has 218 valence electrons. The molecule has 1 heterocycles. The molecule has 38 heavy (non-hydrogen) atoms. The van der Waals surface area contributed by atoms with Crippen LogP contribution in [0.2, 0.25) is 0 Å². The van der Waals surface area contributed by atoms with Crippen molar-refractivity contribution in [3.05, 3.63) is 12.2 Å². The minimum atomic E-state index is -0.884. The molecule has 0 aromatic carbocycles. The molecule has 0 aliphatic carbocycles. The van der Waals surface area contributed by atoms with Gasteiger partial charge in [-0.15, -0.1) is 0 Å². The van der Waals surface area contributed by atoms with Crippen LogP contribution in [-0.2, 0) is 28.5 Å². The zero-order valence-electron chi connectivity index (χ0n) is 24.5. The predicted octanol–water partition coefficient (Wildman–Crippen LogP) is 5.11. The van der Waals surface area contributed by atoms with E-state index in [4.69, 9.17) is 23.7 Å². The topological polar surface area (TPSA) is 130 Å². The molecule has 11 nitrogen and oxygen atoms in total. The van der Waals surface area contributed by atoms with Gasteiger partial charge in [0.05, 0.1) is 12.6 Å². The van der Waals surface area contributed by atoms with E-state index in [2.05, 4.69) is 5.32 Å². The van der Waals surface area contributed by atoms with Gasteiger partial charge in [-0.3, -0.25) is 0 Å². The Bertz CT molecular complexity index is 850. The number of amides is 2. The molecule has 1 aliphatic heterocycles. The first-order chi connectivity index (χ1) is 17.3. The van der Waals surface area contributed by atoms with Crippen molar-refractivity contribution in [3.8, 4) is 0 Å². The van der Waals surface area contributed by atoms with Crippen molar-refractivity contribution in [3.63, 3.8) is 0 Å². The average molecular weight is 543 g/mol. The molecule has 1 N–H and O–H groups in total. The van der Waals surface area contributed by atoms with Gasteiger partial charge in [0.15, 0.2) is 0 Å². The van der Waals surface area contributed by atoms with Crippen molar-refractivity contribution >= 4 is 24.3 Å². The van der Waals surface area contributed by atoms with E-state index in [0.29, 0.717) is 12.8 Å². The number of allylic oxidation sites excluding steroid dienone is 1. The van der Waals surface area contributed by atoms with E-state index >= 15 is 0 Å². The van der Waals surface area contributed by atoms with Gasteiger partial charge in [0.1, 0.15) is 22.9 Å². The predicted molar refractivity (Wildman–Crippen MR) is 141 cm³/mol. The van der Waals surface area contributed by atoms with Crippen molar-refractivity contribution in [2.45, 2.75) is 123 Å². The molecule has 0 aromatic heterocycles. The molecular weight excluding hydrogens is 496 g/mol. The Hall–Kier alpha value is -2.98. The number of esters is 1. The number of hydrogen-bond acceptors (Lipinski definition) is 9. The SMILES string of the molecule is CCOC(=O)/C=C/CC[C@@H]1C[C@@H](OC(=O)OC(C)(C)C)[C@@H](NC(=O)OC(C)(C)C)CN1C(=O)OC(C)(C)C. The Morgan fingerprint density at radius 3 is 2.00 bits per heavy atom. The Kier molecular flexibility index (Phi) is 11.9. The molecule has 1 saturated heterocycles. The van der Waals surface area contributed by atoms with Crippen LogP contribution < -0.4 is 5.32 Å². The molecule has 0 unspecified atom stereocenters. The van der Waals surface area contributed by atoms with E-state index in [-0.39, 0.29) is 19.6 Å². The molecule has 0 saturated carbocycles. The molecule has 3 atom stereocenters. The lowest BCUT2D eigenvalue weighted by Gasteiger charge is -2.43. The third-order valence-corrected chi connectivity index (χ3v) is 4.96. The lowest BCUT2D eigenvalue weighted by molar-refractivity contribution is -0.137. The van der Waals surface area contributed by atoms with Crippen LogP contribution in [0.15, 0.2) is 12.2 Å². The van der Waals surface area contributed by atoms with Gasteiger partial charge in [-0.05, 0) is 82.1 Å². The van der Waals surface area contributed by atoms with Crippen molar-refractivity contribution in [1.29, 1.82) is 0 Å². The van der Waals surface area contributed by atoms with Crippen LogP contribution in [0, 0.1) is 0 Å².